The van der Waals surface area contributed by atoms with Gasteiger partial charge >= 0.3 is 0 Å². The number of fused-ring (bicyclic) bond motifs is 1. The Morgan fingerprint density at radius 3 is 2.44 bits per heavy atom. The molecular formula is C14H10Cl2N2. The average Bonchev–Trinajstić information content (AvgIpc) is 2.70. The summed E-state index contributed by atoms with van der Waals surface area (Å²) in [4.78, 5) is 4.60. The number of hydrogen-bond acceptors (Lipinski definition) is 1. The molecule has 2 aromatic heterocycles. The first kappa shape index (κ1) is 11.6. The molecule has 0 saturated carbocycles. The molecule has 90 valence electrons. The number of aryl methyl sites for hydroxylation is 1. The van der Waals surface area contributed by atoms with E-state index in [9.17, 15) is 0 Å². The summed E-state index contributed by atoms with van der Waals surface area (Å²) >= 11 is 12.0. The summed E-state index contributed by atoms with van der Waals surface area (Å²) in [5.41, 5.74) is 3.81. The first-order valence-corrected chi connectivity index (χ1v) is 6.31. The van der Waals surface area contributed by atoms with Crippen LogP contribution in [-0.2, 0) is 0 Å². The summed E-state index contributed by atoms with van der Waals surface area (Å²) in [7, 11) is 0. The molecule has 0 unspecified atom stereocenters. The van der Waals surface area contributed by atoms with Crippen molar-refractivity contribution in [3.05, 3.63) is 58.3 Å². The highest BCUT2D eigenvalue weighted by Crippen LogP contribution is 2.27. The quantitative estimate of drug-likeness (QED) is 0.634. The monoisotopic (exact) mass is 276 g/mol. The van der Waals surface area contributed by atoms with Gasteiger partial charge in [0.25, 0.3) is 0 Å². The second kappa shape index (κ2) is 4.30. The molecule has 0 saturated heterocycles. The molecule has 2 heterocycles. The van der Waals surface area contributed by atoms with Gasteiger partial charge in [-0.25, -0.2) is 4.98 Å². The molecule has 3 aromatic rings. The van der Waals surface area contributed by atoms with E-state index in [-0.39, 0.29) is 0 Å². The Morgan fingerprint density at radius 2 is 1.78 bits per heavy atom. The number of aromatic nitrogens is 2. The maximum atomic E-state index is 6.15. The molecule has 0 bridgehead atoms. The Balaban J connectivity index is 2.27. The Labute approximate surface area is 115 Å². The number of imidazole rings is 1. The number of hydrogen-bond donors (Lipinski definition) is 0. The van der Waals surface area contributed by atoms with Crippen molar-refractivity contribution in [1.29, 1.82) is 0 Å². The van der Waals surface area contributed by atoms with Gasteiger partial charge in [-0.2, -0.15) is 0 Å². The summed E-state index contributed by atoms with van der Waals surface area (Å²) in [6.45, 7) is 2.03. The fourth-order valence-corrected chi connectivity index (χ4v) is 2.37. The van der Waals surface area contributed by atoms with E-state index in [1.807, 2.05) is 53.9 Å². The van der Waals surface area contributed by atoms with Gasteiger partial charge in [-0.1, -0.05) is 35.3 Å². The summed E-state index contributed by atoms with van der Waals surface area (Å²) in [6, 6.07) is 11.4. The van der Waals surface area contributed by atoms with Crippen LogP contribution < -0.4 is 0 Å². The van der Waals surface area contributed by atoms with E-state index >= 15 is 0 Å². The summed E-state index contributed by atoms with van der Waals surface area (Å²) in [5, 5.41) is 1.37. The Kier molecular flexibility index (Phi) is 2.77. The van der Waals surface area contributed by atoms with Gasteiger partial charge < -0.3 is 4.40 Å². The number of halogens is 2. The van der Waals surface area contributed by atoms with E-state index < -0.39 is 0 Å². The van der Waals surface area contributed by atoms with Gasteiger partial charge in [0.2, 0.25) is 0 Å². The van der Waals surface area contributed by atoms with Gasteiger partial charge in [-0.05, 0) is 31.2 Å². The first-order valence-electron chi connectivity index (χ1n) is 5.56. The lowest BCUT2D eigenvalue weighted by Gasteiger charge is -1.99. The lowest BCUT2D eigenvalue weighted by atomic mass is 10.1. The van der Waals surface area contributed by atoms with Crippen LogP contribution in [0, 0.1) is 6.92 Å². The number of rotatable bonds is 1. The minimum atomic E-state index is 0.654. The largest absolute Gasteiger partial charge is 0.302 e. The fraction of sp³-hybridized carbons (Fsp3) is 0.0714. The van der Waals surface area contributed by atoms with Crippen molar-refractivity contribution in [2.45, 2.75) is 6.92 Å². The normalized spacial score (nSPS) is 11.1. The van der Waals surface area contributed by atoms with Crippen molar-refractivity contribution < 1.29 is 0 Å². The third kappa shape index (κ3) is 1.78. The minimum absolute atomic E-state index is 0.654. The van der Waals surface area contributed by atoms with Crippen molar-refractivity contribution in [2.24, 2.45) is 0 Å². The van der Waals surface area contributed by atoms with Crippen LogP contribution in [0.15, 0.2) is 42.6 Å². The van der Waals surface area contributed by atoms with Crippen LogP contribution >= 0.6 is 23.2 Å². The predicted molar refractivity (Wildman–Crippen MR) is 75.4 cm³/mol. The molecule has 1 aromatic carbocycles. The summed E-state index contributed by atoms with van der Waals surface area (Å²) in [5.74, 6) is 0. The van der Waals surface area contributed by atoms with E-state index in [2.05, 4.69) is 4.98 Å². The molecule has 0 aliphatic rings. The SMILES string of the molecule is Cc1c(-c2ccc(Cl)cc2)nc2c(Cl)cccn12. The lowest BCUT2D eigenvalue weighted by Crippen LogP contribution is -1.86. The molecular weight excluding hydrogens is 267 g/mol. The lowest BCUT2D eigenvalue weighted by molar-refractivity contribution is 1.11. The number of pyridine rings is 1. The Morgan fingerprint density at radius 1 is 1.06 bits per heavy atom. The Hall–Kier alpha value is -1.51. The molecule has 18 heavy (non-hydrogen) atoms. The second-order valence-electron chi connectivity index (χ2n) is 4.10. The van der Waals surface area contributed by atoms with Crippen LogP contribution in [0.4, 0.5) is 0 Å². The van der Waals surface area contributed by atoms with Gasteiger partial charge in [0.15, 0.2) is 5.65 Å². The Bertz CT molecular complexity index is 714. The third-order valence-electron chi connectivity index (χ3n) is 2.96. The molecule has 0 aliphatic carbocycles. The van der Waals surface area contributed by atoms with E-state index in [1.165, 1.54) is 0 Å². The van der Waals surface area contributed by atoms with E-state index in [0.717, 1.165) is 27.6 Å². The molecule has 0 spiro atoms. The number of nitrogens with zero attached hydrogens (tertiary/aromatic N) is 2. The second-order valence-corrected chi connectivity index (χ2v) is 4.95. The van der Waals surface area contributed by atoms with Crippen molar-refractivity contribution in [2.75, 3.05) is 0 Å². The van der Waals surface area contributed by atoms with E-state index in [1.54, 1.807) is 0 Å². The van der Waals surface area contributed by atoms with Gasteiger partial charge in [-0.15, -0.1) is 0 Å². The topological polar surface area (TPSA) is 17.3 Å². The molecule has 2 nitrogen and oxygen atoms in total. The first-order chi connectivity index (χ1) is 8.66. The predicted octanol–water partition coefficient (Wildman–Crippen LogP) is 4.62. The summed E-state index contributed by atoms with van der Waals surface area (Å²) < 4.78 is 1.99. The van der Waals surface area contributed by atoms with Gasteiger partial charge in [0.05, 0.1) is 10.7 Å². The van der Waals surface area contributed by atoms with Crippen LogP contribution in [0.1, 0.15) is 5.69 Å². The van der Waals surface area contributed by atoms with Crippen LogP contribution in [-0.4, -0.2) is 9.38 Å². The van der Waals surface area contributed by atoms with Crippen LogP contribution in [0.2, 0.25) is 10.0 Å². The van der Waals surface area contributed by atoms with Crippen LogP contribution in [0.3, 0.4) is 0 Å². The smallest absolute Gasteiger partial charge is 0.156 e. The molecule has 0 amide bonds. The number of benzene rings is 1. The maximum absolute atomic E-state index is 6.15. The highest BCUT2D eigenvalue weighted by atomic mass is 35.5. The highest BCUT2D eigenvalue weighted by molar-refractivity contribution is 6.33. The molecule has 0 fully saturated rings. The average molecular weight is 277 g/mol. The molecule has 0 radical (unpaired) electrons. The highest BCUT2D eigenvalue weighted by Gasteiger charge is 2.11. The third-order valence-corrected chi connectivity index (χ3v) is 3.51. The zero-order valence-corrected chi connectivity index (χ0v) is 11.2. The van der Waals surface area contributed by atoms with Crippen LogP contribution in [0.25, 0.3) is 16.9 Å². The van der Waals surface area contributed by atoms with Crippen molar-refractivity contribution in [3.63, 3.8) is 0 Å². The zero-order chi connectivity index (χ0) is 12.7. The molecule has 0 N–H and O–H groups in total. The van der Waals surface area contributed by atoms with Gasteiger partial charge in [0, 0.05) is 22.5 Å². The molecule has 4 heteroatoms. The fourth-order valence-electron chi connectivity index (χ4n) is 2.03. The van der Waals surface area contributed by atoms with Crippen molar-refractivity contribution in [3.8, 4) is 11.3 Å². The van der Waals surface area contributed by atoms with Gasteiger partial charge in [0.1, 0.15) is 0 Å². The van der Waals surface area contributed by atoms with Crippen LogP contribution in [0.5, 0.6) is 0 Å². The zero-order valence-electron chi connectivity index (χ0n) is 9.69. The maximum Gasteiger partial charge on any atom is 0.156 e. The van der Waals surface area contributed by atoms with E-state index in [0.29, 0.717) is 5.02 Å². The van der Waals surface area contributed by atoms with Crippen molar-refractivity contribution >= 4 is 28.8 Å². The molecule has 0 aliphatic heterocycles. The molecule has 3 rings (SSSR count). The van der Waals surface area contributed by atoms with Gasteiger partial charge in [-0.3, -0.25) is 0 Å². The summed E-state index contributed by atoms with van der Waals surface area (Å²) in [6.07, 6.45) is 1.96. The molecule has 0 atom stereocenters. The minimum Gasteiger partial charge on any atom is -0.302 e. The standard InChI is InChI=1S/C14H10Cl2N2/c1-9-13(10-4-6-11(15)7-5-10)17-14-12(16)3-2-8-18(9)14/h2-8H,1H3. The van der Waals surface area contributed by atoms with Crippen molar-refractivity contribution in [1.82, 2.24) is 9.38 Å². The van der Waals surface area contributed by atoms with E-state index in [4.69, 9.17) is 23.2 Å².